The number of guanidine groups is 1. The Morgan fingerprint density at radius 3 is 1.85 bits per heavy atom. The van der Waals surface area contributed by atoms with Gasteiger partial charge in [0.1, 0.15) is 18.1 Å². The molecule has 0 radical (unpaired) electrons. The standard InChI is InChI=1S/C28H38N8O5/c29-16-8-7-14-20(26(40)36-22(24(30)38)18-10-3-1-4-11-18)34-25(39)21(15-9-17-33-28(31)32)35-27(41)23(37)19-12-5-2-6-13-19/h1-6,10-13,20-22H,7-9,14-17,29H2,(H2,30,38)(H,34,39)(H,35,41)(H,36,40)(H4,31,32,33)/t20-,21-,22+/m0/s1. The molecule has 0 spiro atoms. The third-order valence-electron chi connectivity index (χ3n) is 6.09. The normalized spacial score (nSPS) is 12.7. The topological polar surface area (TPSA) is 238 Å². The molecule has 0 aliphatic carbocycles. The second kappa shape index (κ2) is 17.0. The number of unbranched alkanes of at least 4 members (excludes halogenated alkanes) is 1. The minimum Gasteiger partial charge on any atom is -0.370 e. The molecule has 13 heteroatoms. The number of rotatable bonds is 17. The van der Waals surface area contributed by atoms with Crippen LogP contribution in [0.5, 0.6) is 0 Å². The second-order valence-corrected chi connectivity index (χ2v) is 9.27. The molecule has 3 atom stereocenters. The van der Waals surface area contributed by atoms with Crippen molar-refractivity contribution in [3.8, 4) is 0 Å². The average molecular weight is 567 g/mol. The van der Waals surface area contributed by atoms with E-state index >= 15 is 0 Å². The Labute approximate surface area is 238 Å². The number of nitrogens with one attached hydrogen (secondary N) is 3. The third kappa shape index (κ3) is 11.1. The highest BCUT2D eigenvalue weighted by molar-refractivity contribution is 6.43. The van der Waals surface area contributed by atoms with Crippen LogP contribution in [0.1, 0.15) is 54.1 Å². The second-order valence-electron chi connectivity index (χ2n) is 9.27. The van der Waals surface area contributed by atoms with Crippen molar-refractivity contribution in [3.63, 3.8) is 0 Å². The zero-order chi connectivity index (χ0) is 30.2. The molecule has 0 saturated heterocycles. The number of aliphatic imine (C=N–C) groups is 1. The van der Waals surface area contributed by atoms with Crippen LogP contribution in [0.3, 0.4) is 0 Å². The summed E-state index contributed by atoms with van der Waals surface area (Å²) >= 11 is 0. The largest absolute Gasteiger partial charge is 0.370 e. The van der Waals surface area contributed by atoms with Gasteiger partial charge in [-0.1, -0.05) is 60.7 Å². The van der Waals surface area contributed by atoms with Crippen LogP contribution in [0.15, 0.2) is 65.7 Å². The lowest BCUT2D eigenvalue weighted by Gasteiger charge is -2.25. The van der Waals surface area contributed by atoms with Crippen molar-refractivity contribution >= 4 is 35.4 Å². The number of nitrogens with zero attached hydrogens (tertiary/aromatic N) is 1. The van der Waals surface area contributed by atoms with E-state index in [0.717, 1.165) is 0 Å². The average Bonchev–Trinajstić information content (AvgIpc) is 2.96. The van der Waals surface area contributed by atoms with E-state index in [2.05, 4.69) is 20.9 Å². The van der Waals surface area contributed by atoms with Gasteiger partial charge in [0.25, 0.3) is 5.91 Å². The highest BCUT2D eigenvalue weighted by Gasteiger charge is 2.30. The molecule has 0 bridgehead atoms. The highest BCUT2D eigenvalue weighted by Crippen LogP contribution is 2.13. The van der Waals surface area contributed by atoms with Gasteiger partial charge in [0.05, 0.1) is 0 Å². The van der Waals surface area contributed by atoms with Crippen molar-refractivity contribution in [2.24, 2.45) is 27.9 Å². The molecule has 2 aromatic rings. The molecule has 0 aliphatic heterocycles. The van der Waals surface area contributed by atoms with Gasteiger partial charge in [0.2, 0.25) is 23.5 Å². The molecule has 13 nitrogen and oxygen atoms in total. The Balaban J connectivity index is 2.22. The van der Waals surface area contributed by atoms with Gasteiger partial charge in [-0.05, 0) is 44.2 Å². The van der Waals surface area contributed by atoms with Crippen LogP contribution in [0.2, 0.25) is 0 Å². The number of carbonyl (C=O) groups excluding carboxylic acids is 5. The number of carbonyl (C=O) groups is 5. The van der Waals surface area contributed by atoms with Gasteiger partial charge in [-0.2, -0.15) is 0 Å². The van der Waals surface area contributed by atoms with Crippen molar-refractivity contribution < 1.29 is 24.0 Å². The molecule has 0 saturated carbocycles. The Kier molecular flexibility index (Phi) is 13.5. The lowest BCUT2D eigenvalue weighted by Crippen LogP contribution is -2.55. The maximum atomic E-state index is 13.4. The number of ketones is 1. The molecule has 220 valence electrons. The number of nitrogens with two attached hydrogens (primary N) is 4. The van der Waals surface area contributed by atoms with Crippen molar-refractivity contribution in [1.29, 1.82) is 0 Å². The van der Waals surface area contributed by atoms with Crippen molar-refractivity contribution in [2.75, 3.05) is 13.1 Å². The molecule has 11 N–H and O–H groups in total. The highest BCUT2D eigenvalue weighted by atomic mass is 16.2. The fraction of sp³-hybridized carbons (Fsp3) is 0.357. The third-order valence-corrected chi connectivity index (χ3v) is 6.09. The summed E-state index contributed by atoms with van der Waals surface area (Å²) < 4.78 is 0. The molecule has 0 aromatic heterocycles. The van der Waals surface area contributed by atoms with Crippen LogP contribution >= 0.6 is 0 Å². The SMILES string of the molecule is NCCCC[C@H](NC(=O)[C@H](CCCN=C(N)N)NC(=O)C(=O)c1ccccc1)C(=O)N[C@@H](C(N)=O)c1ccccc1. The van der Waals surface area contributed by atoms with Crippen LogP contribution < -0.4 is 38.9 Å². The molecule has 2 aromatic carbocycles. The van der Waals surface area contributed by atoms with E-state index in [4.69, 9.17) is 22.9 Å². The van der Waals surface area contributed by atoms with E-state index in [-0.39, 0.29) is 37.3 Å². The van der Waals surface area contributed by atoms with Crippen LogP contribution in [0.25, 0.3) is 0 Å². The van der Waals surface area contributed by atoms with Crippen LogP contribution in [-0.2, 0) is 19.2 Å². The molecular weight excluding hydrogens is 528 g/mol. The van der Waals surface area contributed by atoms with Crippen LogP contribution in [0.4, 0.5) is 0 Å². The number of benzene rings is 2. The smallest absolute Gasteiger partial charge is 0.293 e. The van der Waals surface area contributed by atoms with Gasteiger partial charge in [-0.3, -0.25) is 29.0 Å². The molecule has 41 heavy (non-hydrogen) atoms. The molecular formula is C28H38N8O5. The van der Waals surface area contributed by atoms with Gasteiger partial charge in [0, 0.05) is 12.1 Å². The van der Waals surface area contributed by atoms with E-state index in [1.807, 2.05) is 0 Å². The number of amides is 4. The van der Waals surface area contributed by atoms with E-state index in [1.54, 1.807) is 48.5 Å². The minimum atomic E-state index is -1.18. The number of Topliss-reactive ketones (excluding diaryl/α,β-unsaturated/α-hetero) is 1. The molecule has 2 rings (SSSR count). The number of primary amides is 1. The van der Waals surface area contributed by atoms with E-state index < -0.39 is 47.5 Å². The fourth-order valence-electron chi connectivity index (χ4n) is 3.96. The summed E-state index contributed by atoms with van der Waals surface area (Å²) in [6.07, 6.45) is 1.64. The predicted molar refractivity (Wildman–Crippen MR) is 154 cm³/mol. The molecule has 0 unspecified atom stereocenters. The lowest BCUT2D eigenvalue weighted by atomic mass is 10.0. The van der Waals surface area contributed by atoms with Crippen molar-refractivity contribution in [1.82, 2.24) is 16.0 Å². The first-order valence-electron chi connectivity index (χ1n) is 13.2. The number of hydrogen-bond acceptors (Lipinski definition) is 7. The Hall–Kier alpha value is -4.78. The fourth-order valence-corrected chi connectivity index (χ4v) is 3.96. The van der Waals surface area contributed by atoms with E-state index in [0.29, 0.717) is 24.9 Å². The van der Waals surface area contributed by atoms with Gasteiger partial charge in [0.15, 0.2) is 5.96 Å². The van der Waals surface area contributed by atoms with Gasteiger partial charge < -0.3 is 38.9 Å². The maximum Gasteiger partial charge on any atom is 0.293 e. The summed E-state index contributed by atoms with van der Waals surface area (Å²) in [6, 6.07) is 12.9. The van der Waals surface area contributed by atoms with E-state index in [1.165, 1.54) is 12.1 Å². The molecule has 4 amide bonds. The van der Waals surface area contributed by atoms with Crippen molar-refractivity contribution in [2.45, 2.75) is 50.2 Å². The Morgan fingerprint density at radius 1 is 0.707 bits per heavy atom. The van der Waals surface area contributed by atoms with Gasteiger partial charge in [-0.15, -0.1) is 0 Å². The zero-order valence-corrected chi connectivity index (χ0v) is 22.8. The van der Waals surface area contributed by atoms with Gasteiger partial charge >= 0.3 is 0 Å². The Bertz CT molecular complexity index is 1200. The molecule has 0 heterocycles. The first-order chi connectivity index (χ1) is 19.6. The maximum absolute atomic E-state index is 13.4. The summed E-state index contributed by atoms with van der Waals surface area (Å²) in [5, 5.41) is 7.72. The minimum absolute atomic E-state index is 0.0709. The summed E-state index contributed by atoms with van der Waals surface area (Å²) in [7, 11) is 0. The quantitative estimate of drug-likeness (QED) is 0.0426. The zero-order valence-electron chi connectivity index (χ0n) is 22.8. The summed E-state index contributed by atoms with van der Waals surface area (Å²) in [4.78, 5) is 68.1. The summed E-state index contributed by atoms with van der Waals surface area (Å²) in [5.41, 5.74) is 22.5. The van der Waals surface area contributed by atoms with Crippen molar-refractivity contribution in [3.05, 3.63) is 71.8 Å². The molecule has 0 aliphatic rings. The monoisotopic (exact) mass is 566 g/mol. The summed E-state index contributed by atoms with van der Waals surface area (Å²) in [6.45, 7) is 0.549. The Morgan fingerprint density at radius 2 is 1.27 bits per heavy atom. The predicted octanol–water partition coefficient (Wildman–Crippen LogP) is -0.636. The van der Waals surface area contributed by atoms with E-state index in [9.17, 15) is 24.0 Å². The van der Waals surface area contributed by atoms with Gasteiger partial charge in [-0.25, -0.2) is 0 Å². The first kappa shape index (κ1) is 32.4. The van der Waals surface area contributed by atoms with Crippen LogP contribution in [0, 0.1) is 0 Å². The first-order valence-corrected chi connectivity index (χ1v) is 13.2. The molecule has 0 fully saturated rings. The summed E-state index contributed by atoms with van der Waals surface area (Å²) in [5.74, 6) is -4.06. The van der Waals surface area contributed by atoms with Crippen LogP contribution in [-0.4, -0.2) is 60.5 Å². The lowest BCUT2D eigenvalue weighted by molar-refractivity contribution is -0.133. The number of hydrogen-bond donors (Lipinski definition) is 7.